The highest BCUT2D eigenvalue weighted by Crippen LogP contribution is 2.38. The molecule has 4 rings (SSSR count). The van der Waals surface area contributed by atoms with Crippen LogP contribution in [0.15, 0.2) is 40.9 Å². The molecule has 1 aromatic carbocycles. The van der Waals surface area contributed by atoms with Crippen molar-refractivity contribution in [3.63, 3.8) is 0 Å². The van der Waals surface area contributed by atoms with Gasteiger partial charge in [0.25, 0.3) is 11.8 Å². The van der Waals surface area contributed by atoms with Crippen molar-refractivity contribution in [2.45, 2.75) is 32.1 Å². The summed E-state index contributed by atoms with van der Waals surface area (Å²) in [6.45, 7) is 1.11. The second kappa shape index (κ2) is 9.89. The molecule has 0 bridgehead atoms. The van der Waals surface area contributed by atoms with Gasteiger partial charge in [0.15, 0.2) is 11.5 Å². The molecule has 2 N–H and O–H groups in total. The van der Waals surface area contributed by atoms with E-state index >= 15 is 0 Å². The fourth-order valence-corrected chi connectivity index (χ4v) is 4.97. The van der Waals surface area contributed by atoms with Gasteiger partial charge >= 0.3 is 0 Å². The number of hydrogen-bond acceptors (Lipinski definition) is 6. The molecule has 0 fully saturated rings. The highest BCUT2D eigenvalue weighted by Gasteiger charge is 2.27. The van der Waals surface area contributed by atoms with Gasteiger partial charge in [0.05, 0.1) is 5.56 Å². The Morgan fingerprint density at radius 2 is 1.97 bits per heavy atom. The van der Waals surface area contributed by atoms with E-state index in [1.165, 1.54) is 16.2 Å². The van der Waals surface area contributed by atoms with Crippen molar-refractivity contribution in [1.29, 1.82) is 0 Å². The van der Waals surface area contributed by atoms with Crippen molar-refractivity contribution in [3.05, 3.63) is 58.1 Å². The summed E-state index contributed by atoms with van der Waals surface area (Å²) in [6.07, 6.45) is 4.66. The lowest BCUT2D eigenvalue weighted by atomic mass is 9.95. The highest BCUT2D eigenvalue weighted by molar-refractivity contribution is 7.17. The molecule has 0 saturated heterocycles. The molecule has 31 heavy (non-hydrogen) atoms. The highest BCUT2D eigenvalue weighted by atomic mass is 32.1. The van der Waals surface area contributed by atoms with Crippen LogP contribution in [-0.4, -0.2) is 37.2 Å². The summed E-state index contributed by atoms with van der Waals surface area (Å²) in [7, 11) is 1.64. The molecule has 2 heterocycles. The Bertz CT molecular complexity index is 1060. The third kappa shape index (κ3) is 4.86. The molecule has 2 amide bonds. The molecule has 1 aliphatic carbocycles. The number of aryl methyl sites for hydroxylation is 1. The molecule has 1 aliphatic rings. The zero-order valence-corrected chi connectivity index (χ0v) is 18.2. The lowest BCUT2D eigenvalue weighted by Gasteiger charge is -2.13. The second-order valence-electron chi connectivity index (χ2n) is 7.41. The Kier molecular flexibility index (Phi) is 6.79. The van der Waals surface area contributed by atoms with E-state index in [1.54, 1.807) is 13.2 Å². The van der Waals surface area contributed by atoms with E-state index in [2.05, 4.69) is 15.8 Å². The molecule has 0 atom stereocenters. The number of rotatable bonds is 8. The predicted molar refractivity (Wildman–Crippen MR) is 120 cm³/mol. The van der Waals surface area contributed by atoms with Crippen LogP contribution in [0.25, 0.3) is 11.3 Å². The number of aromatic nitrogens is 1. The first-order valence-electron chi connectivity index (χ1n) is 10.4. The summed E-state index contributed by atoms with van der Waals surface area (Å²) >= 11 is 1.48. The first-order valence-corrected chi connectivity index (χ1v) is 11.2. The van der Waals surface area contributed by atoms with E-state index in [4.69, 9.17) is 9.26 Å². The maximum Gasteiger partial charge on any atom is 0.278 e. The van der Waals surface area contributed by atoms with Crippen LogP contribution in [0.5, 0.6) is 0 Å². The smallest absolute Gasteiger partial charge is 0.278 e. The minimum absolute atomic E-state index is 0.157. The van der Waals surface area contributed by atoms with Gasteiger partial charge < -0.3 is 19.9 Å². The lowest BCUT2D eigenvalue weighted by molar-refractivity contribution is 0.0948. The molecule has 3 aromatic rings. The van der Waals surface area contributed by atoms with Crippen molar-refractivity contribution in [1.82, 2.24) is 10.5 Å². The molecule has 8 heteroatoms. The van der Waals surface area contributed by atoms with Crippen molar-refractivity contribution >= 4 is 28.2 Å². The summed E-state index contributed by atoms with van der Waals surface area (Å²) in [4.78, 5) is 27.0. The van der Waals surface area contributed by atoms with Gasteiger partial charge in [-0.15, -0.1) is 11.3 Å². The molecule has 162 valence electrons. The number of carbonyl (C=O) groups excluding carboxylic acids is 2. The summed E-state index contributed by atoms with van der Waals surface area (Å²) in [5.74, 6) is -0.0266. The van der Waals surface area contributed by atoms with E-state index in [0.29, 0.717) is 29.5 Å². The van der Waals surface area contributed by atoms with Gasteiger partial charge in [-0.25, -0.2) is 0 Å². The first kappa shape index (κ1) is 21.3. The number of nitrogens with one attached hydrogen (secondary N) is 2. The van der Waals surface area contributed by atoms with Gasteiger partial charge in [0.2, 0.25) is 0 Å². The quantitative estimate of drug-likeness (QED) is 0.511. The van der Waals surface area contributed by atoms with E-state index in [1.807, 2.05) is 30.3 Å². The fraction of sp³-hybridized carbons (Fsp3) is 0.348. The van der Waals surface area contributed by atoms with Crippen LogP contribution in [0.2, 0.25) is 0 Å². The zero-order valence-electron chi connectivity index (χ0n) is 17.4. The summed E-state index contributed by atoms with van der Waals surface area (Å²) < 4.78 is 10.4. The molecule has 0 radical (unpaired) electrons. The Labute approximate surface area is 184 Å². The SMILES string of the molecule is COCCCNC(=O)c1c(NC(=O)c2cc(-c3ccccc3)on2)sc2c1CCCC2. The summed E-state index contributed by atoms with van der Waals surface area (Å²) in [5.41, 5.74) is 2.66. The fourth-order valence-electron chi connectivity index (χ4n) is 3.69. The molecule has 0 saturated carbocycles. The summed E-state index contributed by atoms with van der Waals surface area (Å²) in [5, 5.41) is 10.3. The maximum atomic E-state index is 12.9. The molecular weight excluding hydrogens is 414 g/mol. The largest absolute Gasteiger partial charge is 0.385 e. The number of amides is 2. The minimum atomic E-state index is -0.391. The average molecular weight is 440 g/mol. The Morgan fingerprint density at radius 3 is 2.77 bits per heavy atom. The van der Waals surface area contributed by atoms with Gasteiger partial charge in [-0.2, -0.15) is 0 Å². The van der Waals surface area contributed by atoms with Crippen molar-refractivity contribution < 1.29 is 18.8 Å². The molecule has 0 spiro atoms. The summed E-state index contributed by atoms with van der Waals surface area (Å²) in [6, 6.07) is 11.1. The van der Waals surface area contributed by atoms with Gasteiger partial charge in [-0.1, -0.05) is 35.5 Å². The number of benzene rings is 1. The number of nitrogens with zero attached hydrogens (tertiary/aromatic N) is 1. The monoisotopic (exact) mass is 439 g/mol. The number of methoxy groups -OCH3 is 1. The zero-order chi connectivity index (χ0) is 21.6. The van der Waals surface area contributed by atoms with Crippen LogP contribution < -0.4 is 10.6 Å². The molecule has 2 aromatic heterocycles. The molecule has 0 aliphatic heterocycles. The molecule has 0 unspecified atom stereocenters. The normalized spacial score (nSPS) is 12.9. The number of fused-ring (bicyclic) bond motifs is 1. The van der Waals surface area contributed by atoms with Crippen LogP contribution in [0.4, 0.5) is 5.00 Å². The predicted octanol–water partition coefficient (Wildman–Crippen LogP) is 4.30. The number of carbonyl (C=O) groups is 2. The first-order chi connectivity index (χ1) is 15.2. The molecule has 7 nitrogen and oxygen atoms in total. The van der Waals surface area contributed by atoms with Crippen LogP contribution in [0, 0.1) is 0 Å². The van der Waals surface area contributed by atoms with Crippen LogP contribution in [0.1, 0.15) is 50.5 Å². The van der Waals surface area contributed by atoms with Crippen LogP contribution >= 0.6 is 11.3 Å². The topological polar surface area (TPSA) is 93.5 Å². The standard InChI is InChI=1S/C23H25N3O4S/c1-29-13-7-12-24-22(28)20-16-10-5-6-11-19(16)31-23(20)25-21(27)17-14-18(30-26-17)15-8-3-2-4-9-15/h2-4,8-9,14H,5-7,10-13H2,1H3,(H,24,28)(H,25,27). The average Bonchev–Trinajstić information content (AvgIpc) is 3.42. The van der Waals surface area contributed by atoms with E-state index < -0.39 is 5.91 Å². The van der Waals surface area contributed by atoms with Gasteiger partial charge in [-0.3, -0.25) is 9.59 Å². The van der Waals surface area contributed by atoms with Crippen LogP contribution in [-0.2, 0) is 17.6 Å². The van der Waals surface area contributed by atoms with Crippen LogP contribution in [0.3, 0.4) is 0 Å². The number of hydrogen-bond donors (Lipinski definition) is 2. The Hall–Kier alpha value is -2.97. The van der Waals surface area contributed by atoms with E-state index in [9.17, 15) is 9.59 Å². The minimum Gasteiger partial charge on any atom is -0.385 e. The second-order valence-corrected chi connectivity index (χ2v) is 8.52. The van der Waals surface area contributed by atoms with Crippen molar-refractivity contribution in [2.24, 2.45) is 0 Å². The van der Waals surface area contributed by atoms with Crippen molar-refractivity contribution in [2.75, 3.05) is 25.6 Å². The number of ether oxygens (including phenoxy) is 1. The van der Waals surface area contributed by atoms with E-state index in [0.717, 1.165) is 43.2 Å². The maximum absolute atomic E-state index is 12.9. The Morgan fingerprint density at radius 1 is 1.16 bits per heavy atom. The van der Waals surface area contributed by atoms with Gasteiger partial charge in [-0.05, 0) is 37.7 Å². The third-order valence-electron chi connectivity index (χ3n) is 5.24. The van der Waals surface area contributed by atoms with Gasteiger partial charge in [0, 0.05) is 36.8 Å². The molecular formula is C23H25N3O4S. The van der Waals surface area contributed by atoms with Crippen molar-refractivity contribution in [3.8, 4) is 11.3 Å². The van der Waals surface area contributed by atoms with E-state index in [-0.39, 0.29) is 11.6 Å². The third-order valence-corrected chi connectivity index (χ3v) is 6.44. The van der Waals surface area contributed by atoms with Gasteiger partial charge in [0.1, 0.15) is 5.00 Å². The Balaban J connectivity index is 1.54. The lowest BCUT2D eigenvalue weighted by Crippen LogP contribution is -2.27. The number of anilines is 1. The number of thiophene rings is 1.